The van der Waals surface area contributed by atoms with Crippen LogP contribution in [0.1, 0.15) is 40.4 Å². The Hall–Kier alpha value is -3.94. The summed E-state index contributed by atoms with van der Waals surface area (Å²) in [7, 11) is 0. The van der Waals surface area contributed by atoms with Gasteiger partial charge in [-0.2, -0.15) is 0 Å². The molecule has 32 heavy (non-hydrogen) atoms. The first-order valence-corrected chi connectivity index (χ1v) is 10.5. The van der Waals surface area contributed by atoms with Crippen molar-refractivity contribution in [2.75, 3.05) is 16.8 Å². The molecule has 4 aromatic rings. The largest absolute Gasteiger partial charge is 0.466 e. The second-order valence-corrected chi connectivity index (χ2v) is 7.98. The Bertz CT molecular complexity index is 1350. The quantitative estimate of drug-likeness (QED) is 0.500. The second-order valence-electron chi connectivity index (χ2n) is 7.98. The van der Waals surface area contributed by atoms with Crippen LogP contribution in [0.5, 0.6) is 0 Å². The minimum atomic E-state index is -0.298. The van der Waals surface area contributed by atoms with Crippen LogP contribution in [0.4, 0.5) is 11.4 Å². The van der Waals surface area contributed by atoms with E-state index in [0.717, 1.165) is 30.0 Å². The molecule has 1 aliphatic rings. The average molecular weight is 430 g/mol. The number of anilines is 2. The van der Waals surface area contributed by atoms with Gasteiger partial charge < -0.3 is 19.2 Å². The molecule has 3 aromatic heterocycles. The number of fused-ring (bicyclic) bond motifs is 1. The SMILES string of the molecule is Cc1cc(-c2cc(C(=O)Nc3ccc(N4CCCC4=O)cc3)c3c(C)noc3n2)c(C)o1. The molecule has 0 bridgehead atoms. The number of rotatable bonds is 4. The van der Waals surface area contributed by atoms with Crippen LogP contribution in [0.2, 0.25) is 0 Å². The molecule has 1 fully saturated rings. The van der Waals surface area contributed by atoms with Gasteiger partial charge in [-0.15, -0.1) is 0 Å². The summed E-state index contributed by atoms with van der Waals surface area (Å²) < 4.78 is 11.0. The number of furan rings is 1. The van der Waals surface area contributed by atoms with E-state index in [-0.39, 0.29) is 11.8 Å². The molecule has 1 aliphatic heterocycles. The highest BCUT2D eigenvalue weighted by molar-refractivity contribution is 6.13. The summed E-state index contributed by atoms with van der Waals surface area (Å²) in [6.45, 7) is 6.22. The van der Waals surface area contributed by atoms with E-state index >= 15 is 0 Å². The van der Waals surface area contributed by atoms with Crippen molar-refractivity contribution < 1.29 is 18.5 Å². The number of hydrogen-bond donors (Lipinski definition) is 1. The molecule has 1 N–H and O–H groups in total. The summed E-state index contributed by atoms with van der Waals surface area (Å²) in [6.07, 6.45) is 1.44. The maximum absolute atomic E-state index is 13.2. The molecule has 0 saturated carbocycles. The van der Waals surface area contributed by atoms with Crippen molar-refractivity contribution in [2.45, 2.75) is 33.6 Å². The molecular formula is C24H22N4O4. The van der Waals surface area contributed by atoms with Gasteiger partial charge in [0.1, 0.15) is 11.5 Å². The summed E-state index contributed by atoms with van der Waals surface area (Å²) in [5.74, 6) is 1.30. The number of pyridine rings is 1. The summed E-state index contributed by atoms with van der Waals surface area (Å²) in [5.41, 5.74) is 4.14. The molecule has 0 spiro atoms. The van der Waals surface area contributed by atoms with E-state index in [2.05, 4.69) is 15.5 Å². The lowest BCUT2D eigenvalue weighted by atomic mass is 10.1. The average Bonchev–Trinajstić information content (AvgIpc) is 3.46. The second kappa shape index (κ2) is 7.64. The standard InChI is InChI=1S/C24H22N4O4/c1-13-11-18(15(3)31-13)20-12-19(22-14(2)27-32-24(22)26-20)23(30)25-16-6-8-17(9-7-16)28-10-4-5-21(28)29/h6-9,11-12H,4-5,10H2,1-3H3,(H,25,30). The van der Waals surface area contributed by atoms with Crippen LogP contribution < -0.4 is 10.2 Å². The van der Waals surface area contributed by atoms with Gasteiger partial charge in [-0.1, -0.05) is 5.16 Å². The zero-order valence-corrected chi connectivity index (χ0v) is 18.1. The van der Waals surface area contributed by atoms with E-state index in [4.69, 9.17) is 8.94 Å². The van der Waals surface area contributed by atoms with Crippen LogP contribution in [0.25, 0.3) is 22.4 Å². The predicted molar refractivity (Wildman–Crippen MR) is 120 cm³/mol. The van der Waals surface area contributed by atoms with E-state index in [1.54, 1.807) is 30.0 Å². The van der Waals surface area contributed by atoms with Gasteiger partial charge >= 0.3 is 0 Å². The van der Waals surface area contributed by atoms with Crippen LogP contribution >= 0.6 is 0 Å². The van der Waals surface area contributed by atoms with Gasteiger partial charge in [0.25, 0.3) is 11.6 Å². The number of carbonyl (C=O) groups is 2. The molecule has 1 aromatic carbocycles. The van der Waals surface area contributed by atoms with Gasteiger partial charge in [-0.25, -0.2) is 4.98 Å². The number of nitrogens with zero attached hydrogens (tertiary/aromatic N) is 3. The molecule has 0 atom stereocenters. The maximum atomic E-state index is 13.2. The van der Waals surface area contributed by atoms with Crippen LogP contribution in [0.15, 0.2) is 45.3 Å². The lowest BCUT2D eigenvalue weighted by Gasteiger charge is -2.16. The van der Waals surface area contributed by atoms with Crippen molar-refractivity contribution in [1.29, 1.82) is 0 Å². The third-order valence-electron chi connectivity index (χ3n) is 5.69. The van der Waals surface area contributed by atoms with Crippen LogP contribution in [0.3, 0.4) is 0 Å². The predicted octanol–water partition coefficient (Wildman–Crippen LogP) is 4.79. The van der Waals surface area contributed by atoms with Gasteiger partial charge in [0.05, 0.1) is 22.3 Å². The molecule has 162 valence electrons. The van der Waals surface area contributed by atoms with Crippen molar-refractivity contribution in [3.05, 3.63) is 59.2 Å². The highest BCUT2D eigenvalue weighted by Gasteiger charge is 2.23. The number of carbonyl (C=O) groups excluding carboxylic acids is 2. The number of aromatic nitrogens is 2. The van der Waals surface area contributed by atoms with E-state index in [1.165, 1.54) is 0 Å². The fourth-order valence-electron chi connectivity index (χ4n) is 4.14. The Balaban J connectivity index is 1.48. The third-order valence-corrected chi connectivity index (χ3v) is 5.69. The smallest absolute Gasteiger partial charge is 0.259 e. The minimum Gasteiger partial charge on any atom is -0.466 e. The number of aryl methyl sites for hydroxylation is 3. The maximum Gasteiger partial charge on any atom is 0.259 e. The lowest BCUT2D eigenvalue weighted by molar-refractivity contribution is -0.117. The molecule has 0 radical (unpaired) electrons. The number of benzene rings is 1. The van der Waals surface area contributed by atoms with Crippen molar-refractivity contribution >= 4 is 34.3 Å². The summed E-state index contributed by atoms with van der Waals surface area (Å²) in [5, 5.41) is 7.50. The molecule has 0 unspecified atom stereocenters. The van der Waals surface area contributed by atoms with Crippen LogP contribution in [-0.4, -0.2) is 28.5 Å². The molecular weight excluding hydrogens is 408 g/mol. The monoisotopic (exact) mass is 430 g/mol. The molecule has 4 heterocycles. The first kappa shape index (κ1) is 20.0. The Morgan fingerprint density at radius 3 is 2.56 bits per heavy atom. The molecule has 8 heteroatoms. The van der Waals surface area contributed by atoms with E-state index in [0.29, 0.717) is 45.9 Å². The van der Waals surface area contributed by atoms with Gasteiger partial charge in [0, 0.05) is 29.9 Å². The highest BCUT2D eigenvalue weighted by atomic mass is 16.5. The lowest BCUT2D eigenvalue weighted by Crippen LogP contribution is -2.23. The number of amides is 2. The van der Waals surface area contributed by atoms with E-state index < -0.39 is 0 Å². The van der Waals surface area contributed by atoms with Crippen LogP contribution in [0, 0.1) is 20.8 Å². The third kappa shape index (κ3) is 3.43. The van der Waals surface area contributed by atoms with Gasteiger partial charge in [0.15, 0.2) is 0 Å². The zero-order valence-electron chi connectivity index (χ0n) is 18.1. The van der Waals surface area contributed by atoms with E-state index in [9.17, 15) is 9.59 Å². The van der Waals surface area contributed by atoms with Gasteiger partial charge in [-0.3, -0.25) is 9.59 Å². The fourth-order valence-corrected chi connectivity index (χ4v) is 4.14. The highest BCUT2D eigenvalue weighted by Crippen LogP contribution is 2.31. The zero-order chi connectivity index (χ0) is 22.4. The molecule has 2 amide bonds. The van der Waals surface area contributed by atoms with Crippen molar-refractivity contribution in [1.82, 2.24) is 10.1 Å². The number of hydrogen-bond acceptors (Lipinski definition) is 6. The van der Waals surface area contributed by atoms with Crippen LogP contribution in [-0.2, 0) is 4.79 Å². The number of nitrogens with one attached hydrogen (secondary N) is 1. The Labute approximate surface area is 184 Å². The van der Waals surface area contributed by atoms with Crippen molar-refractivity contribution in [3.63, 3.8) is 0 Å². The fraction of sp³-hybridized carbons (Fsp3) is 0.250. The topological polar surface area (TPSA) is 101 Å². The summed E-state index contributed by atoms with van der Waals surface area (Å²) in [4.78, 5) is 31.5. The molecule has 1 saturated heterocycles. The Morgan fingerprint density at radius 2 is 1.91 bits per heavy atom. The first-order valence-electron chi connectivity index (χ1n) is 10.5. The summed E-state index contributed by atoms with van der Waals surface area (Å²) >= 11 is 0. The van der Waals surface area contributed by atoms with Crippen molar-refractivity contribution in [2.24, 2.45) is 0 Å². The normalized spacial score (nSPS) is 13.8. The summed E-state index contributed by atoms with van der Waals surface area (Å²) in [6, 6.07) is 10.9. The van der Waals surface area contributed by atoms with Gasteiger partial charge in [0.2, 0.25) is 5.91 Å². The van der Waals surface area contributed by atoms with E-state index in [1.807, 2.05) is 32.0 Å². The minimum absolute atomic E-state index is 0.126. The molecule has 8 nitrogen and oxygen atoms in total. The molecule has 0 aliphatic carbocycles. The van der Waals surface area contributed by atoms with Crippen molar-refractivity contribution in [3.8, 4) is 11.3 Å². The first-order chi connectivity index (χ1) is 15.4. The van der Waals surface area contributed by atoms with Gasteiger partial charge in [-0.05, 0) is 63.6 Å². The Kier molecular flexibility index (Phi) is 4.77. The Morgan fingerprint density at radius 1 is 1.12 bits per heavy atom. The molecule has 5 rings (SSSR count).